The Hall–Kier alpha value is -3.97. The summed E-state index contributed by atoms with van der Waals surface area (Å²) in [4.78, 5) is 14.9. The smallest absolute Gasteiger partial charge is 0.232 e. The van der Waals surface area contributed by atoms with E-state index in [1.165, 1.54) is 14.2 Å². The summed E-state index contributed by atoms with van der Waals surface area (Å²) >= 11 is 0. The van der Waals surface area contributed by atoms with Crippen LogP contribution in [0.2, 0.25) is 0 Å². The van der Waals surface area contributed by atoms with Crippen molar-refractivity contribution in [3.63, 3.8) is 0 Å². The topological polar surface area (TPSA) is 77.5 Å². The lowest BCUT2D eigenvalue weighted by molar-refractivity contribution is 0.101. The van der Waals surface area contributed by atoms with Gasteiger partial charge < -0.3 is 24.1 Å². The summed E-state index contributed by atoms with van der Waals surface area (Å²) in [5.41, 5.74) is 2.90. The number of phenolic OH excluding ortho intramolecular Hbond substituents is 1. The molecule has 34 heavy (non-hydrogen) atoms. The van der Waals surface area contributed by atoms with Crippen LogP contribution < -0.4 is 18.9 Å². The van der Waals surface area contributed by atoms with Crippen LogP contribution in [0.3, 0.4) is 0 Å². The summed E-state index contributed by atoms with van der Waals surface area (Å²) in [6.07, 6.45) is 1.61. The van der Waals surface area contributed by atoms with Gasteiger partial charge >= 0.3 is 0 Å². The van der Waals surface area contributed by atoms with Crippen LogP contribution in [0.4, 0.5) is 0 Å². The Balaban J connectivity index is 1.49. The van der Waals surface area contributed by atoms with Gasteiger partial charge in [-0.05, 0) is 36.9 Å². The molecule has 7 heteroatoms. The molecule has 1 N–H and O–H groups in total. The number of ether oxygens (including phenoxy) is 4. The molecule has 3 aromatic carbocycles. The predicted octanol–water partition coefficient (Wildman–Crippen LogP) is 4.67. The number of rotatable bonds is 8. The molecule has 3 aromatic rings. The minimum atomic E-state index is -0.254. The van der Waals surface area contributed by atoms with Crippen molar-refractivity contribution >= 4 is 11.9 Å². The van der Waals surface area contributed by atoms with Crippen LogP contribution in [0.15, 0.2) is 60.4 Å². The Kier molecular flexibility index (Phi) is 6.75. The molecule has 0 spiro atoms. The van der Waals surface area contributed by atoms with Crippen molar-refractivity contribution in [3.05, 3.63) is 82.6 Å². The highest BCUT2D eigenvalue weighted by Crippen LogP contribution is 2.40. The Bertz CT molecular complexity index is 1250. The van der Waals surface area contributed by atoms with Crippen LogP contribution in [0, 0.1) is 0 Å². The number of fused-ring (bicyclic) bond motifs is 1. The lowest BCUT2D eigenvalue weighted by atomic mass is 10.1. The number of allylic oxidation sites excluding steroid dienone is 1. The van der Waals surface area contributed by atoms with Gasteiger partial charge in [0, 0.05) is 30.3 Å². The van der Waals surface area contributed by atoms with Crippen LogP contribution >= 0.6 is 0 Å². The summed E-state index contributed by atoms with van der Waals surface area (Å²) in [5, 5.41) is 10.6. The largest absolute Gasteiger partial charge is 0.508 e. The first kappa shape index (κ1) is 23.2. The molecule has 1 aliphatic heterocycles. The summed E-state index contributed by atoms with van der Waals surface area (Å²) in [6.45, 7) is 1.21. The molecule has 0 unspecified atom stereocenters. The van der Waals surface area contributed by atoms with E-state index in [9.17, 15) is 9.90 Å². The average Bonchev–Trinajstić information content (AvgIpc) is 3.14. The van der Waals surface area contributed by atoms with E-state index in [2.05, 4.69) is 4.90 Å². The SMILES string of the molecule is COc1ccccc1CN(C)Cc1ccc(/C=C2\Oc3cc(OC)c(OC)cc3C2=O)cc1O. The second-order valence-electron chi connectivity index (χ2n) is 8.02. The molecule has 0 radical (unpaired) electrons. The van der Waals surface area contributed by atoms with E-state index in [0.29, 0.717) is 41.5 Å². The zero-order valence-corrected chi connectivity index (χ0v) is 19.6. The lowest BCUT2D eigenvalue weighted by Gasteiger charge is -2.19. The number of benzene rings is 3. The molecule has 4 rings (SSSR count). The van der Waals surface area contributed by atoms with Crippen molar-refractivity contribution in [2.45, 2.75) is 13.1 Å². The fraction of sp³-hybridized carbons (Fsp3) is 0.222. The first-order valence-corrected chi connectivity index (χ1v) is 10.8. The van der Waals surface area contributed by atoms with Crippen LogP contribution in [-0.4, -0.2) is 44.2 Å². The molecule has 0 saturated carbocycles. The fourth-order valence-corrected chi connectivity index (χ4v) is 3.94. The third-order valence-corrected chi connectivity index (χ3v) is 5.65. The van der Waals surface area contributed by atoms with Gasteiger partial charge in [-0.3, -0.25) is 9.69 Å². The first-order chi connectivity index (χ1) is 16.4. The molecule has 1 heterocycles. The molecule has 0 amide bonds. The number of para-hydroxylation sites is 1. The number of carbonyl (C=O) groups is 1. The van der Waals surface area contributed by atoms with Crippen LogP contribution in [0.1, 0.15) is 27.0 Å². The molecular formula is C27H27NO6. The van der Waals surface area contributed by atoms with Crippen LogP contribution in [0.25, 0.3) is 6.08 Å². The van der Waals surface area contributed by atoms with E-state index in [0.717, 1.165) is 16.9 Å². The number of hydrogen-bond donors (Lipinski definition) is 1. The fourth-order valence-electron chi connectivity index (χ4n) is 3.94. The Labute approximate surface area is 198 Å². The summed E-state index contributed by atoms with van der Waals surface area (Å²) in [7, 11) is 6.67. The second kappa shape index (κ2) is 9.89. The van der Waals surface area contributed by atoms with Crippen molar-refractivity contribution in [3.8, 4) is 28.7 Å². The number of methoxy groups -OCH3 is 3. The third-order valence-electron chi connectivity index (χ3n) is 5.65. The van der Waals surface area contributed by atoms with Crippen molar-refractivity contribution in [2.75, 3.05) is 28.4 Å². The van der Waals surface area contributed by atoms with E-state index in [1.54, 1.807) is 31.4 Å². The number of Topliss-reactive ketones (excluding diaryl/α,β-unsaturated/α-hetero) is 1. The van der Waals surface area contributed by atoms with Gasteiger partial charge in [0.05, 0.1) is 26.9 Å². The van der Waals surface area contributed by atoms with Gasteiger partial charge in [-0.1, -0.05) is 30.3 Å². The molecule has 0 aliphatic carbocycles. The summed E-state index contributed by atoms with van der Waals surface area (Å²) in [6, 6.07) is 16.4. The Morgan fingerprint density at radius 3 is 2.26 bits per heavy atom. The third kappa shape index (κ3) is 4.70. The van der Waals surface area contributed by atoms with Crippen molar-refractivity contribution in [1.29, 1.82) is 0 Å². The van der Waals surface area contributed by atoms with Gasteiger partial charge in [0.15, 0.2) is 17.3 Å². The monoisotopic (exact) mass is 461 g/mol. The number of nitrogens with zero attached hydrogens (tertiary/aromatic N) is 1. The minimum absolute atomic E-state index is 0.146. The van der Waals surface area contributed by atoms with E-state index in [1.807, 2.05) is 43.4 Å². The van der Waals surface area contributed by atoms with Gasteiger partial charge in [-0.15, -0.1) is 0 Å². The second-order valence-corrected chi connectivity index (χ2v) is 8.02. The van der Waals surface area contributed by atoms with Crippen LogP contribution in [0.5, 0.6) is 28.7 Å². The Morgan fingerprint density at radius 1 is 0.882 bits per heavy atom. The van der Waals surface area contributed by atoms with E-state index in [4.69, 9.17) is 18.9 Å². The van der Waals surface area contributed by atoms with Gasteiger partial charge in [-0.25, -0.2) is 0 Å². The highest BCUT2D eigenvalue weighted by atomic mass is 16.5. The standard InChI is InChI=1S/C27H27NO6/c1-28(16-19-7-5-6-8-22(19)31-2)15-18-10-9-17(11-21(18)29)12-26-27(30)20-13-24(32-3)25(33-4)14-23(20)34-26/h5-14,29H,15-16H2,1-4H3/b26-12-. The molecule has 0 aromatic heterocycles. The number of phenols is 1. The normalized spacial score (nSPS) is 13.7. The van der Waals surface area contributed by atoms with E-state index in [-0.39, 0.29) is 17.3 Å². The molecule has 0 saturated heterocycles. The van der Waals surface area contributed by atoms with Gasteiger partial charge in [0.25, 0.3) is 0 Å². The maximum atomic E-state index is 12.8. The zero-order valence-electron chi connectivity index (χ0n) is 19.6. The predicted molar refractivity (Wildman–Crippen MR) is 129 cm³/mol. The molecule has 7 nitrogen and oxygen atoms in total. The van der Waals surface area contributed by atoms with Gasteiger partial charge in [0.1, 0.15) is 17.2 Å². The number of aromatic hydroxyl groups is 1. The zero-order chi connectivity index (χ0) is 24.2. The summed E-state index contributed by atoms with van der Waals surface area (Å²) < 4.78 is 21.7. The first-order valence-electron chi connectivity index (χ1n) is 10.8. The Morgan fingerprint density at radius 2 is 1.56 bits per heavy atom. The van der Waals surface area contributed by atoms with Crippen molar-refractivity contribution < 1.29 is 28.8 Å². The molecule has 0 fully saturated rings. The highest BCUT2D eigenvalue weighted by molar-refractivity contribution is 6.14. The van der Waals surface area contributed by atoms with E-state index >= 15 is 0 Å². The molecule has 176 valence electrons. The lowest BCUT2D eigenvalue weighted by Crippen LogP contribution is -2.17. The average molecular weight is 462 g/mol. The molecule has 0 bridgehead atoms. The quantitative estimate of drug-likeness (QED) is 0.489. The maximum absolute atomic E-state index is 12.8. The van der Waals surface area contributed by atoms with Crippen molar-refractivity contribution in [2.24, 2.45) is 0 Å². The van der Waals surface area contributed by atoms with Crippen LogP contribution in [-0.2, 0) is 13.1 Å². The minimum Gasteiger partial charge on any atom is -0.508 e. The molecule has 1 aliphatic rings. The molecular weight excluding hydrogens is 434 g/mol. The maximum Gasteiger partial charge on any atom is 0.232 e. The van der Waals surface area contributed by atoms with E-state index < -0.39 is 0 Å². The van der Waals surface area contributed by atoms with Gasteiger partial charge in [0.2, 0.25) is 5.78 Å². The highest BCUT2D eigenvalue weighted by Gasteiger charge is 2.29. The number of hydrogen-bond acceptors (Lipinski definition) is 7. The number of carbonyl (C=O) groups excluding carboxylic acids is 1. The molecule has 0 atom stereocenters. The van der Waals surface area contributed by atoms with Crippen molar-refractivity contribution in [1.82, 2.24) is 4.90 Å². The van der Waals surface area contributed by atoms with Gasteiger partial charge in [-0.2, -0.15) is 0 Å². The number of ketones is 1. The summed E-state index contributed by atoms with van der Waals surface area (Å²) in [5.74, 6) is 2.24.